The topological polar surface area (TPSA) is 58.5 Å². The predicted molar refractivity (Wildman–Crippen MR) is 124 cm³/mol. The molecule has 5 nitrogen and oxygen atoms in total. The Morgan fingerprint density at radius 3 is 2.19 bits per heavy atom. The molecule has 0 saturated carbocycles. The minimum absolute atomic E-state index is 0.0723. The average molecular weight is 420 g/mol. The summed E-state index contributed by atoms with van der Waals surface area (Å²) < 4.78 is 3.07. The first-order valence-corrected chi connectivity index (χ1v) is 10.5. The molecule has 0 atom stereocenters. The number of hydrogen-bond donors (Lipinski definition) is 1. The molecule has 0 aliphatic carbocycles. The number of fused-ring (bicyclic) bond motifs is 1. The number of rotatable bonds is 4. The van der Waals surface area contributed by atoms with E-state index in [1.165, 1.54) is 4.52 Å². The van der Waals surface area contributed by atoms with E-state index in [1.807, 2.05) is 104 Å². The van der Waals surface area contributed by atoms with Gasteiger partial charge in [0.15, 0.2) is 0 Å². The molecule has 0 unspecified atom stereocenters. The Bertz CT molecular complexity index is 1460. The molecule has 1 N–H and O–H groups in total. The molecule has 3 aromatic carbocycles. The lowest BCUT2D eigenvalue weighted by Gasteiger charge is -2.10. The van der Waals surface area contributed by atoms with Gasteiger partial charge in [-0.3, -0.25) is 0 Å². The number of aromatic nitrogens is 3. The molecule has 0 radical (unpaired) electrons. The molecule has 0 amide bonds. The van der Waals surface area contributed by atoms with Gasteiger partial charge in [-0.05, 0) is 30.7 Å². The Labute approximate surface area is 185 Å². The second-order valence-electron chi connectivity index (χ2n) is 7.80. The van der Waals surface area contributed by atoms with E-state index in [9.17, 15) is 9.90 Å². The third-order valence-corrected chi connectivity index (χ3v) is 5.56. The molecular weight excluding hydrogens is 398 g/mol. The van der Waals surface area contributed by atoms with E-state index >= 15 is 0 Å². The fraction of sp³-hybridized carbons (Fsp3) is 0.0741. The van der Waals surface area contributed by atoms with Crippen molar-refractivity contribution in [2.45, 2.75) is 13.3 Å². The Kier molecular flexibility index (Phi) is 5.00. The molecule has 5 heteroatoms. The number of hydrogen-bond acceptors (Lipinski definition) is 3. The van der Waals surface area contributed by atoms with Crippen molar-refractivity contribution >= 4 is 5.65 Å². The average Bonchev–Trinajstić information content (AvgIpc) is 2.84. The van der Waals surface area contributed by atoms with Crippen molar-refractivity contribution < 1.29 is 9.67 Å². The fourth-order valence-corrected chi connectivity index (χ4v) is 3.87. The summed E-state index contributed by atoms with van der Waals surface area (Å²) in [4.78, 5) is 13.5. The highest BCUT2D eigenvalue weighted by Crippen LogP contribution is 2.20. The van der Waals surface area contributed by atoms with Crippen LogP contribution in [0.25, 0.3) is 22.6 Å². The molecule has 2 heterocycles. The standard InChI is InChI=1S/C27H21N3O2/c1-19-12-14-22(15-13-19)29-25-17-16-24(21-10-6-3-7-11-21)28-30(25)27(32)23(26(29)31)18-20-8-4-2-5-9-20/h2-17H,18H2,1H3/p+1. The van der Waals surface area contributed by atoms with Crippen LogP contribution in [0.2, 0.25) is 0 Å². The van der Waals surface area contributed by atoms with Gasteiger partial charge in [0, 0.05) is 18.1 Å². The van der Waals surface area contributed by atoms with Gasteiger partial charge in [0.05, 0.1) is 0 Å². The van der Waals surface area contributed by atoms with Crippen molar-refractivity contribution in [3.05, 3.63) is 124 Å². The second kappa shape index (κ2) is 8.12. The molecule has 0 aliphatic rings. The van der Waals surface area contributed by atoms with Crippen LogP contribution in [0.4, 0.5) is 0 Å². The Balaban J connectivity index is 1.80. The SMILES string of the molecule is Cc1ccc(-[n+]2c(O)c(Cc3ccccc3)c(=O)n3nc(-c4ccccc4)ccc32)cc1. The van der Waals surface area contributed by atoms with Crippen LogP contribution in [0.5, 0.6) is 5.88 Å². The molecule has 0 saturated heterocycles. The van der Waals surface area contributed by atoms with Crippen LogP contribution in [0.3, 0.4) is 0 Å². The number of benzene rings is 3. The Hall–Kier alpha value is -4.25. The van der Waals surface area contributed by atoms with Crippen molar-refractivity contribution in [3.63, 3.8) is 0 Å². The summed E-state index contributed by atoms with van der Waals surface area (Å²) in [6.07, 6.45) is 0.303. The summed E-state index contributed by atoms with van der Waals surface area (Å²) >= 11 is 0. The third-order valence-electron chi connectivity index (χ3n) is 5.56. The van der Waals surface area contributed by atoms with Crippen LogP contribution < -0.4 is 10.1 Å². The Morgan fingerprint density at radius 1 is 0.844 bits per heavy atom. The van der Waals surface area contributed by atoms with E-state index in [4.69, 9.17) is 0 Å². The van der Waals surface area contributed by atoms with E-state index in [0.29, 0.717) is 23.3 Å². The molecule has 0 spiro atoms. The number of aromatic hydroxyl groups is 1. The molecule has 32 heavy (non-hydrogen) atoms. The van der Waals surface area contributed by atoms with Crippen molar-refractivity contribution in [1.82, 2.24) is 9.61 Å². The zero-order valence-corrected chi connectivity index (χ0v) is 17.6. The Morgan fingerprint density at radius 2 is 1.50 bits per heavy atom. The molecular formula is C27H22N3O2+. The summed E-state index contributed by atoms with van der Waals surface area (Å²) in [5.41, 5.74) is 4.87. The summed E-state index contributed by atoms with van der Waals surface area (Å²) in [6.45, 7) is 2.01. The van der Waals surface area contributed by atoms with Crippen LogP contribution in [0, 0.1) is 6.92 Å². The van der Waals surface area contributed by atoms with Crippen LogP contribution in [-0.2, 0) is 6.42 Å². The molecule has 5 aromatic rings. The first-order chi connectivity index (χ1) is 15.6. The minimum atomic E-state index is -0.331. The summed E-state index contributed by atoms with van der Waals surface area (Å²) in [6, 6.07) is 30.9. The lowest BCUT2D eigenvalue weighted by molar-refractivity contribution is -0.581. The second-order valence-corrected chi connectivity index (χ2v) is 7.80. The monoisotopic (exact) mass is 420 g/mol. The molecule has 5 rings (SSSR count). The van der Waals surface area contributed by atoms with E-state index in [-0.39, 0.29) is 11.4 Å². The van der Waals surface area contributed by atoms with E-state index < -0.39 is 0 Å². The highest BCUT2D eigenvalue weighted by atomic mass is 16.3. The first-order valence-electron chi connectivity index (χ1n) is 10.5. The van der Waals surface area contributed by atoms with Gasteiger partial charge in [-0.1, -0.05) is 88.0 Å². The van der Waals surface area contributed by atoms with Gasteiger partial charge in [-0.15, -0.1) is 0 Å². The number of nitrogens with zero attached hydrogens (tertiary/aromatic N) is 3. The maximum atomic E-state index is 13.5. The fourth-order valence-electron chi connectivity index (χ4n) is 3.87. The van der Waals surface area contributed by atoms with Crippen molar-refractivity contribution in [1.29, 1.82) is 0 Å². The van der Waals surface area contributed by atoms with Crippen LogP contribution in [0.15, 0.2) is 102 Å². The lowest BCUT2D eigenvalue weighted by Crippen LogP contribution is -2.40. The quantitative estimate of drug-likeness (QED) is 0.443. The van der Waals surface area contributed by atoms with Gasteiger partial charge >= 0.3 is 11.2 Å². The molecule has 0 bridgehead atoms. The minimum Gasteiger partial charge on any atom is -0.477 e. The highest BCUT2D eigenvalue weighted by Gasteiger charge is 2.27. The van der Waals surface area contributed by atoms with Gasteiger partial charge < -0.3 is 5.11 Å². The van der Waals surface area contributed by atoms with E-state index in [1.54, 1.807) is 4.57 Å². The highest BCUT2D eigenvalue weighted by molar-refractivity contribution is 5.59. The molecule has 0 fully saturated rings. The molecule has 156 valence electrons. The zero-order valence-electron chi connectivity index (χ0n) is 17.6. The van der Waals surface area contributed by atoms with Gasteiger partial charge in [0.2, 0.25) is 0 Å². The normalized spacial score (nSPS) is 11.0. The van der Waals surface area contributed by atoms with E-state index in [2.05, 4.69) is 5.10 Å². The predicted octanol–water partition coefficient (Wildman–Crippen LogP) is 4.24. The summed E-state index contributed by atoms with van der Waals surface area (Å²) in [5, 5.41) is 15.9. The summed E-state index contributed by atoms with van der Waals surface area (Å²) in [7, 11) is 0. The summed E-state index contributed by atoms with van der Waals surface area (Å²) in [5.74, 6) is -0.0723. The van der Waals surface area contributed by atoms with Crippen molar-refractivity contribution in [2.24, 2.45) is 0 Å². The van der Waals surface area contributed by atoms with Crippen LogP contribution >= 0.6 is 0 Å². The van der Waals surface area contributed by atoms with Gasteiger partial charge in [-0.25, -0.2) is 4.79 Å². The molecule has 0 aliphatic heterocycles. The largest absolute Gasteiger partial charge is 0.477 e. The third kappa shape index (κ3) is 3.54. The van der Waals surface area contributed by atoms with Gasteiger partial charge in [-0.2, -0.15) is 4.57 Å². The van der Waals surface area contributed by atoms with E-state index in [0.717, 1.165) is 22.4 Å². The molecule has 2 aromatic heterocycles. The van der Waals surface area contributed by atoms with Gasteiger partial charge in [0.1, 0.15) is 16.9 Å². The van der Waals surface area contributed by atoms with Crippen molar-refractivity contribution in [2.75, 3.05) is 0 Å². The van der Waals surface area contributed by atoms with Crippen LogP contribution in [0.1, 0.15) is 16.7 Å². The maximum Gasteiger partial charge on any atom is 0.370 e. The van der Waals surface area contributed by atoms with Crippen LogP contribution in [-0.4, -0.2) is 14.7 Å². The zero-order chi connectivity index (χ0) is 22.1. The maximum absolute atomic E-state index is 13.5. The number of aryl methyl sites for hydroxylation is 1. The lowest BCUT2D eigenvalue weighted by atomic mass is 10.1. The smallest absolute Gasteiger partial charge is 0.370 e. The van der Waals surface area contributed by atoms with Crippen molar-refractivity contribution in [3.8, 4) is 22.8 Å². The first kappa shape index (κ1) is 19.7. The van der Waals surface area contributed by atoms with Gasteiger partial charge in [0.25, 0.3) is 5.88 Å².